The van der Waals surface area contributed by atoms with Crippen molar-refractivity contribution in [2.45, 2.75) is 36.7 Å². The molecule has 170 valence electrons. The number of methoxy groups -OCH3 is 1. The van der Waals surface area contributed by atoms with Crippen LogP contribution in [0.3, 0.4) is 0 Å². The van der Waals surface area contributed by atoms with Gasteiger partial charge >= 0.3 is 0 Å². The number of pyridine rings is 1. The molecule has 1 amide bonds. The van der Waals surface area contributed by atoms with Gasteiger partial charge in [-0.2, -0.15) is 9.29 Å². The van der Waals surface area contributed by atoms with Crippen molar-refractivity contribution in [3.8, 4) is 11.8 Å². The molecule has 1 saturated heterocycles. The lowest BCUT2D eigenvalue weighted by molar-refractivity contribution is -0.0756. The van der Waals surface area contributed by atoms with Crippen LogP contribution in [0.2, 0.25) is 0 Å². The summed E-state index contributed by atoms with van der Waals surface area (Å²) < 4.78 is 51.8. The maximum Gasteiger partial charge on any atom is 0.259 e. The molecule has 2 aliphatic heterocycles. The zero-order valence-corrected chi connectivity index (χ0v) is 18.6. The van der Waals surface area contributed by atoms with Crippen LogP contribution in [0.1, 0.15) is 30.1 Å². The molecule has 0 radical (unpaired) electrons. The van der Waals surface area contributed by atoms with E-state index in [4.69, 9.17) is 9.47 Å². The van der Waals surface area contributed by atoms with Crippen molar-refractivity contribution in [3.63, 3.8) is 0 Å². The highest BCUT2D eigenvalue weighted by Gasteiger charge is 2.58. The highest BCUT2D eigenvalue weighted by molar-refractivity contribution is 7.89. The number of fused-ring (bicyclic) bond motifs is 1. The zero-order chi connectivity index (χ0) is 22.7. The van der Waals surface area contributed by atoms with Crippen LogP contribution in [0.5, 0.6) is 11.8 Å². The Balaban J connectivity index is 1.28. The number of hydrogen-bond acceptors (Lipinski definition) is 6. The summed E-state index contributed by atoms with van der Waals surface area (Å²) in [4.78, 5) is 19.0. The van der Waals surface area contributed by atoms with E-state index in [2.05, 4.69) is 4.98 Å². The van der Waals surface area contributed by atoms with Gasteiger partial charge in [0.05, 0.1) is 13.2 Å². The van der Waals surface area contributed by atoms with E-state index in [9.17, 15) is 17.6 Å². The summed E-state index contributed by atoms with van der Waals surface area (Å²) in [6, 6.07) is 8.56. The van der Waals surface area contributed by atoms with Crippen molar-refractivity contribution < 1.29 is 27.1 Å². The Labute approximate surface area is 186 Å². The molecule has 1 spiro atoms. The third-order valence-electron chi connectivity index (χ3n) is 6.65. The molecule has 1 aromatic carbocycles. The quantitative estimate of drug-likeness (QED) is 0.694. The van der Waals surface area contributed by atoms with Gasteiger partial charge in [0, 0.05) is 30.6 Å². The average Bonchev–Trinajstić information content (AvgIpc) is 2.83. The number of halogens is 1. The number of benzene rings is 1. The van der Waals surface area contributed by atoms with Gasteiger partial charge in [-0.05, 0) is 38.0 Å². The summed E-state index contributed by atoms with van der Waals surface area (Å²) >= 11 is 0. The van der Waals surface area contributed by atoms with E-state index in [0.29, 0.717) is 44.0 Å². The lowest BCUT2D eigenvalue weighted by Crippen LogP contribution is -2.68. The first-order valence-electron chi connectivity index (χ1n) is 10.5. The Morgan fingerprint density at radius 2 is 1.91 bits per heavy atom. The third kappa shape index (κ3) is 3.24. The molecule has 1 aliphatic carbocycles. The van der Waals surface area contributed by atoms with Crippen molar-refractivity contribution in [3.05, 3.63) is 47.8 Å². The van der Waals surface area contributed by atoms with Crippen LogP contribution in [0.4, 0.5) is 4.39 Å². The molecule has 1 saturated carbocycles. The van der Waals surface area contributed by atoms with E-state index < -0.39 is 15.8 Å². The predicted molar refractivity (Wildman–Crippen MR) is 113 cm³/mol. The normalized spacial score (nSPS) is 23.0. The first kappa shape index (κ1) is 21.1. The minimum Gasteiger partial charge on any atom is -0.481 e. The van der Waals surface area contributed by atoms with Gasteiger partial charge in [-0.15, -0.1) is 0 Å². The first-order valence-corrected chi connectivity index (χ1v) is 11.9. The van der Waals surface area contributed by atoms with E-state index in [-0.39, 0.29) is 34.2 Å². The van der Waals surface area contributed by atoms with E-state index in [0.717, 1.165) is 6.07 Å². The molecule has 0 unspecified atom stereocenters. The van der Waals surface area contributed by atoms with Gasteiger partial charge in [-0.25, -0.2) is 12.8 Å². The van der Waals surface area contributed by atoms with Crippen molar-refractivity contribution in [1.82, 2.24) is 14.2 Å². The van der Waals surface area contributed by atoms with Crippen LogP contribution in [-0.2, 0) is 10.0 Å². The van der Waals surface area contributed by atoms with Crippen molar-refractivity contribution >= 4 is 15.9 Å². The fourth-order valence-electron chi connectivity index (χ4n) is 5.01. The second-order valence-electron chi connectivity index (χ2n) is 8.84. The van der Waals surface area contributed by atoms with Crippen LogP contribution >= 0.6 is 0 Å². The van der Waals surface area contributed by atoms with E-state index in [1.54, 1.807) is 12.1 Å². The second-order valence-corrected chi connectivity index (χ2v) is 10.8. The number of sulfonamides is 1. The lowest BCUT2D eigenvalue weighted by Gasteiger charge is -2.60. The SMILES string of the molecule is COc1ccc2c(n1)OC[C@@H](C)N(C1CC3(C1)CN(S(=O)(=O)c1ccccc1F)C3)C2=O. The molecule has 1 aromatic heterocycles. The summed E-state index contributed by atoms with van der Waals surface area (Å²) in [5, 5.41) is 0. The molecule has 0 bridgehead atoms. The molecule has 8 nitrogen and oxygen atoms in total. The lowest BCUT2D eigenvalue weighted by atomic mass is 9.61. The molecule has 3 heterocycles. The summed E-state index contributed by atoms with van der Waals surface area (Å²) in [6.07, 6.45) is 1.40. The molecule has 5 rings (SSSR count). The highest BCUT2D eigenvalue weighted by Crippen LogP contribution is 2.52. The van der Waals surface area contributed by atoms with Crippen LogP contribution in [0.15, 0.2) is 41.3 Å². The largest absolute Gasteiger partial charge is 0.481 e. The zero-order valence-electron chi connectivity index (χ0n) is 17.8. The number of ether oxygens (including phenoxy) is 2. The Kier molecular flexibility index (Phi) is 4.90. The Bertz CT molecular complexity index is 1170. The molecule has 2 fully saturated rings. The van der Waals surface area contributed by atoms with Crippen LogP contribution in [0.25, 0.3) is 0 Å². The topological polar surface area (TPSA) is 89.0 Å². The van der Waals surface area contributed by atoms with E-state index >= 15 is 0 Å². The number of aromatic nitrogens is 1. The van der Waals surface area contributed by atoms with E-state index in [1.165, 1.54) is 29.6 Å². The number of amides is 1. The number of carbonyl (C=O) groups excluding carboxylic acids is 1. The molecule has 2 aromatic rings. The number of hydrogen-bond donors (Lipinski definition) is 0. The monoisotopic (exact) mass is 461 g/mol. The van der Waals surface area contributed by atoms with Gasteiger partial charge in [-0.3, -0.25) is 4.79 Å². The standard InChI is InChI=1S/C22H24FN3O5S/c1-14-11-31-20-16(7-8-19(24-20)30-2)21(27)26(14)15-9-22(10-15)12-25(13-22)32(28,29)18-6-4-3-5-17(18)23/h3-8,14-15H,9-13H2,1-2H3/t14-/m1/s1. The van der Waals surface area contributed by atoms with Crippen LogP contribution < -0.4 is 9.47 Å². The van der Waals surface area contributed by atoms with Gasteiger partial charge in [0.15, 0.2) is 0 Å². The molecule has 1 atom stereocenters. The van der Waals surface area contributed by atoms with Crippen LogP contribution in [0, 0.1) is 11.2 Å². The smallest absolute Gasteiger partial charge is 0.259 e. The number of rotatable bonds is 4. The van der Waals surface area contributed by atoms with Gasteiger partial charge in [0.25, 0.3) is 5.91 Å². The maximum absolute atomic E-state index is 14.0. The maximum atomic E-state index is 14.0. The second kappa shape index (κ2) is 7.41. The molecule has 32 heavy (non-hydrogen) atoms. The average molecular weight is 462 g/mol. The fourth-order valence-corrected chi connectivity index (χ4v) is 6.75. The minimum absolute atomic E-state index is 0.00697. The van der Waals surface area contributed by atoms with Gasteiger partial charge in [-0.1, -0.05) is 12.1 Å². The van der Waals surface area contributed by atoms with Gasteiger partial charge < -0.3 is 14.4 Å². The number of nitrogens with zero attached hydrogens (tertiary/aromatic N) is 3. The van der Waals surface area contributed by atoms with Gasteiger partial charge in [0.2, 0.25) is 21.8 Å². The number of carbonyl (C=O) groups is 1. The molecule has 3 aliphatic rings. The summed E-state index contributed by atoms with van der Waals surface area (Å²) in [7, 11) is -2.35. The summed E-state index contributed by atoms with van der Waals surface area (Å²) in [5.74, 6) is -0.239. The Morgan fingerprint density at radius 3 is 2.59 bits per heavy atom. The van der Waals surface area contributed by atoms with Gasteiger partial charge in [0.1, 0.15) is 22.9 Å². The highest BCUT2D eigenvalue weighted by atomic mass is 32.2. The molecule has 10 heteroatoms. The Morgan fingerprint density at radius 1 is 1.19 bits per heavy atom. The minimum atomic E-state index is -3.86. The Hall–Kier alpha value is -2.72. The molecular weight excluding hydrogens is 437 g/mol. The summed E-state index contributed by atoms with van der Waals surface area (Å²) in [6.45, 7) is 2.92. The summed E-state index contributed by atoms with van der Waals surface area (Å²) in [5.41, 5.74) is 0.227. The predicted octanol–water partition coefficient (Wildman–Crippen LogP) is 2.31. The van der Waals surface area contributed by atoms with E-state index in [1.807, 2.05) is 11.8 Å². The van der Waals surface area contributed by atoms with Crippen molar-refractivity contribution in [2.24, 2.45) is 5.41 Å². The first-order chi connectivity index (χ1) is 15.2. The molecule has 0 N–H and O–H groups in total. The van der Waals surface area contributed by atoms with Crippen molar-refractivity contribution in [1.29, 1.82) is 0 Å². The molecular formula is C22H24FN3O5S. The third-order valence-corrected chi connectivity index (χ3v) is 8.48. The van der Waals surface area contributed by atoms with Crippen molar-refractivity contribution in [2.75, 3.05) is 26.8 Å². The van der Waals surface area contributed by atoms with Crippen LogP contribution in [-0.4, -0.2) is 67.4 Å². The fraction of sp³-hybridized carbons (Fsp3) is 0.455.